The van der Waals surface area contributed by atoms with Crippen molar-refractivity contribution in [3.8, 4) is 5.75 Å². The zero-order chi connectivity index (χ0) is 13.7. The van der Waals surface area contributed by atoms with E-state index in [1.807, 2.05) is 0 Å². The molecule has 1 aliphatic rings. The van der Waals surface area contributed by atoms with E-state index >= 15 is 0 Å². The highest BCUT2D eigenvalue weighted by atomic mass is 16.5. The molecule has 2 rings (SSSR count). The lowest BCUT2D eigenvalue weighted by atomic mass is 10.0. The monoisotopic (exact) mass is 265 g/mol. The summed E-state index contributed by atoms with van der Waals surface area (Å²) >= 11 is 0. The maximum atomic E-state index is 11.4. The quantitative estimate of drug-likeness (QED) is 0.664. The molecule has 1 aromatic rings. The van der Waals surface area contributed by atoms with E-state index in [2.05, 4.69) is 4.74 Å². The van der Waals surface area contributed by atoms with Gasteiger partial charge < -0.3 is 19.9 Å². The third-order valence-corrected chi connectivity index (χ3v) is 3.25. The van der Waals surface area contributed by atoms with Gasteiger partial charge in [0.15, 0.2) is 0 Å². The zero-order valence-corrected chi connectivity index (χ0v) is 11.1. The summed E-state index contributed by atoms with van der Waals surface area (Å²) in [6, 6.07) is 4.91. The zero-order valence-electron chi connectivity index (χ0n) is 11.1. The number of esters is 1. The highest BCUT2D eigenvalue weighted by Gasteiger charge is 2.16. The van der Waals surface area contributed by atoms with Crippen molar-refractivity contribution in [2.24, 2.45) is 5.92 Å². The summed E-state index contributed by atoms with van der Waals surface area (Å²) in [5.74, 6) is 0.625. The first-order valence-corrected chi connectivity index (χ1v) is 6.39. The largest absolute Gasteiger partial charge is 0.491 e. The van der Waals surface area contributed by atoms with Crippen molar-refractivity contribution in [1.29, 1.82) is 0 Å². The summed E-state index contributed by atoms with van der Waals surface area (Å²) in [4.78, 5) is 11.4. The van der Waals surface area contributed by atoms with Crippen LogP contribution in [0, 0.1) is 5.92 Å². The Balaban J connectivity index is 2.00. The summed E-state index contributed by atoms with van der Waals surface area (Å²) in [6.45, 7) is 2.16. The fourth-order valence-electron chi connectivity index (χ4n) is 2.02. The number of hydrogen-bond acceptors (Lipinski definition) is 5. The fourth-order valence-corrected chi connectivity index (χ4v) is 2.02. The lowest BCUT2D eigenvalue weighted by molar-refractivity contribution is 0.0498. The average Bonchev–Trinajstić information content (AvgIpc) is 2.46. The van der Waals surface area contributed by atoms with E-state index < -0.39 is 5.97 Å². The molecule has 5 heteroatoms. The van der Waals surface area contributed by atoms with E-state index in [4.69, 9.17) is 15.2 Å². The first-order valence-electron chi connectivity index (χ1n) is 6.39. The first-order chi connectivity index (χ1) is 9.20. The van der Waals surface area contributed by atoms with Gasteiger partial charge in [0.05, 0.1) is 25.0 Å². The van der Waals surface area contributed by atoms with Gasteiger partial charge in [0.2, 0.25) is 0 Å². The second kappa shape index (κ2) is 6.43. The number of nitrogen functional groups attached to an aromatic ring is 1. The maximum absolute atomic E-state index is 11.4. The summed E-state index contributed by atoms with van der Waals surface area (Å²) < 4.78 is 15.7. The van der Waals surface area contributed by atoms with Crippen molar-refractivity contribution in [2.45, 2.75) is 12.8 Å². The van der Waals surface area contributed by atoms with Crippen molar-refractivity contribution < 1.29 is 19.0 Å². The highest BCUT2D eigenvalue weighted by Crippen LogP contribution is 2.25. The van der Waals surface area contributed by atoms with Gasteiger partial charge in [-0.1, -0.05) is 0 Å². The van der Waals surface area contributed by atoms with Crippen LogP contribution in [0.4, 0.5) is 5.69 Å². The van der Waals surface area contributed by atoms with Gasteiger partial charge >= 0.3 is 5.97 Å². The Bertz CT molecular complexity index is 441. The number of benzene rings is 1. The van der Waals surface area contributed by atoms with Gasteiger partial charge in [-0.3, -0.25) is 0 Å². The van der Waals surface area contributed by atoms with Crippen LogP contribution in [0.15, 0.2) is 18.2 Å². The molecule has 1 aliphatic heterocycles. The molecule has 0 spiro atoms. The van der Waals surface area contributed by atoms with Gasteiger partial charge in [0.1, 0.15) is 5.75 Å². The third kappa shape index (κ3) is 3.61. The van der Waals surface area contributed by atoms with Crippen LogP contribution < -0.4 is 10.5 Å². The number of methoxy groups -OCH3 is 1. The Morgan fingerprint density at radius 1 is 1.42 bits per heavy atom. The summed E-state index contributed by atoms with van der Waals surface area (Å²) in [5, 5.41) is 0. The number of rotatable bonds is 4. The van der Waals surface area contributed by atoms with Crippen LogP contribution in [0.5, 0.6) is 5.75 Å². The first kappa shape index (κ1) is 13.7. The smallest absolute Gasteiger partial charge is 0.337 e. The molecule has 0 radical (unpaired) electrons. The Hall–Kier alpha value is -1.75. The molecule has 0 atom stereocenters. The van der Waals surface area contributed by atoms with E-state index in [1.165, 1.54) is 7.11 Å². The molecule has 0 amide bonds. The van der Waals surface area contributed by atoms with Crippen molar-refractivity contribution in [2.75, 3.05) is 32.7 Å². The van der Waals surface area contributed by atoms with Crippen LogP contribution in [0.3, 0.4) is 0 Å². The third-order valence-electron chi connectivity index (χ3n) is 3.25. The lowest BCUT2D eigenvalue weighted by Gasteiger charge is -2.22. The Morgan fingerprint density at radius 2 is 2.16 bits per heavy atom. The number of carbonyl (C=O) groups excluding carboxylic acids is 1. The molecule has 0 aromatic heterocycles. The lowest BCUT2D eigenvalue weighted by Crippen LogP contribution is -2.21. The Kier molecular flexibility index (Phi) is 4.63. The summed E-state index contributed by atoms with van der Waals surface area (Å²) in [5.41, 5.74) is 6.82. The van der Waals surface area contributed by atoms with Crippen molar-refractivity contribution >= 4 is 11.7 Å². The van der Waals surface area contributed by atoms with E-state index in [0.717, 1.165) is 26.1 Å². The van der Waals surface area contributed by atoms with Crippen molar-refractivity contribution in [1.82, 2.24) is 0 Å². The molecular weight excluding hydrogens is 246 g/mol. The topological polar surface area (TPSA) is 70.8 Å². The van der Waals surface area contributed by atoms with E-state index in [-0.39, 0.29) is 0 Å². The standard InChI is InChI=1S/C14H19NO4/c1-17-14(16)11-2-3-12(15)13(8-11)19-9-10-4-6-18-7-5-10/h2-3,8,10H,4-7,9,15H2,1H3. The predicted molar refractivity (Wildman–Crippen MR) is 71.2 cm³/mol. The minimum Gasteiger partial charge on any atom is -0.491 e. The molecule has 0 bridgehead atoms. The summed E-state index contributed by atoms with van der Waals surface area (Å²) in [7, 11) is 1.35. The molecule has 1 saturated heterocycles. The SMILES string of the molecule is COC(=O)c1ccc(N)c(OCC2CCOCC2)c1. The molecule has 104 valence electrons. The number of nitrogens with two attached hydrogens (primary N) is 1. The second-order valence-electron chi connectivity index (χ2n) is 4.61. The predicted octanol–water partition coefficient (Wildman–Crippen LogP) is 1.86. The average molecular weight is 265 g/mol. The number of carbonyl (C=O) groups is 1. The van der Waals surface area contributed by atoms with Crippen LogP contribution in [-0.4, -0.2) is 32.9 Å². The van der Waals surface area contributed by atoms with Crippen LogP contribution >= 0.6 is 0 Å². The molecule has 0 unspecified atom stereocenters. The van der Waals surface area contributed by atoms with Crippen LogP contribution in [-0.2, 0) is 9.47 Å². The number of hydrogen-bond donors (Lipinski definition) is 1. The van der Waals surface area contributed by atoms with E-state index in [9.17, 15) is 4.79 Å². The molecule has 2 N–H and O–H groups in total. The van der Waals surface area contributed by atoms with Crippen LogP contribution in [0.25, 0.3) is 0 Å². The van der Waals surface area contributed by atoms with Gasteiger partial charge in [-0.2, -0.15) is 0 Å². The summed E-state index contributed by atoms with van der Waals surface area (Å²) in [6.07, 6.45) is 1.99. The minimum atomic E-state index is -0.393. The molecule has 5 nitrogen and oxygen atoms in total. The molecule has 1 fully saturated rings. The van der Waals surface area contributed by atoms with E-state index in [0.29, 0.717) is 29.5 Å². The van der Waals surface area contributed by atoms with Crippen molar-refractivity contribution in [3.63, 3.8) is 0 Å². The number of anilines is 1. The molecule has 0 aliphatic carbocycles. The van der Waals surface area contributed by atoms with E-state index in [1.54, 1.807) is 18.2 Å². The van der Waals surface area contributed by atoms with Crippen LogP contribution in [0.2, 0.25) is 0 Å². The van der Waals surface area contributed by atoms with Gasteiger partial charge in [0, 0.05) is 13.2 Å². The van der Waals surface area contributed by atoms with Gasteiger partial charge in [-0.05, 0) is 37.0 Å². The van der Waals surface area contributed by atoms with Crippen molar-refractivity contribution in [3.05, 3.63) is 23.8 Å². The molecule has 0 saturated carbocycles. The molecule has 19 heavy (non-hydrogen) atoms. The highest BCUT2D eigenvalue weighted by molar-refractivity contribution is 5.90. The minimum absolute atomic E-state index is 0.393. The van der Waals surface area contributed by atoms with Gasteiger partial charge in [-0.15, -0.1) is 0 Å². The number of ether oxygens (including phenoxy) is 3. The van der Waals surface area contributed by atoms with Gasteiger partial charge in [0.25, 0.3) is 0 Å². The normalized spacial score (nSPS) is 16.1. The van der Waals surface area contributed by atoms with Gasteiger partial charge in [-0.25, -0.2) is 4.79 Å². The Morgan fingerprint density at radius 3 is 2.84 bits per heavy atom. The van der Waals surface area contributed by atoms with Crippen LogP contribution in [0.1, 0.15) is 23.2 Å². The second-order valence-corrected chi connectivity index (χ2v) is 4.61. The molecule has 1 aromatic carbocycles. The molecule has 1 heterocycles. The Labute approximate surface area is 112 Å². The maximum Gasteiger partial charge on any atom is 0.337 e. The molecular formula is C14H19NO4. The fraction of sp³-hybridized carbons (Fsp3) is 0.500.